The Morgan fingerprint density at radius 1 is 1.12 bits per heavy atom. The summed E-state index contributed by atoms with van der Waals surface area (Å²) < 4.78 is 33.3. The summed E-state index contributed by atoms with van der Waals surface area (Å²) in [5, 5.41) is 0. The number of nitrogens with zero attached hydrogens (tertiary/aromatic N) is 1. The van der Waals surface area contributed by atoms with Crippen molar-refractivity contribution in [1.29, 1.82) is 0 Å². The van der Waals surface area contributed by atoms with E-state index in [1.54, 1.807) is 29.1 Å². The summed E-state index contributed by atoms with van der Waals surface area (Å²) in [5.74, 6) is 0. The molecule has 1 aromatic heterocycles. The number of hydrogen-bond donors (Lipinski definition) is 0. The highest BCUT2D eigenvalue weighted by Gasteiger charge is 2.14. The van der Waals surface area contributed by atoms with E-state index in [2.05, 4.69) is 8.37 Å². The zero-order valence-corrected chi connectivity index (χ0v) is 10.0. The SMILES string of the molecule is CCCCOS(=O)(=O)OC[n+]1ccccc1. The van der Waals surface area contributed by atoms with E-state index in [-0.39, 0.29) is 13.3 Å². The number of rotatable bonds is 7. The van der Waals surface area contributed by atoms with Crippen LogP contribution in [0, 0.1) is 0 Å². The average Bonchev–Trinajstić information content (AvgIpc) is 2.28. The van der Waals surface area contributed by atoms with Crippen molar-refractivity contribution in [3.05, 3.63) is 30.6 Å². The van der Waals surface area contributed by atoms with Crippen molar-refractivity contribution in [2.75, 3.05) is 6.61 Å². The van der Waals surface area contributed by atoms with Crippen molar-refractivity contribution in [2.45, 2.75) is 26.5 Å². The molecule has 0 spiro atoms. The molecule has 0 N–H and O–H groups in total. The maximum Gasteiger partial charge on any atom is 0.405 e. The Balaban J connectivity index is 2.36. The third kappa shape index (κ3) is 5.20. The molecule has 16 heavy (non-hydrogen) atoms. The smallest absolute Gasteiger partial charge is 0.248 e. The molecular weight excluding hydrogens is 230 g/mol. The summed E-state index contributed by atoms with van der Waals surface area (Å²) in [6, 6.07) is 5.41. The summed E-state index contributed by atoms with van der Waals surface area (Å²) in [7, 11) is -3.87. The second-order valence-corrected chi connectivity index (χ2v) is 4.51. The number of hydrogen-bond acceptors (Lipinski definition) is 4. The molecule has 0 atom stereocenters. The van der Waals surface area contributed by atoms with Gasteiger partial charge in [0.1, 0.15) is 0 Å². The van der Waals surface area contributed by atoms with E-state index in [0.29, 0.717) is 6.42 Å². The van der Waals surface area contributed by atoms with E-state index in [1.807, 2.05) is 13.0 Å². The monoisotopic (exact) mass is 246 g/mol. The molecule has 1 heterocycles. The summed E-state index contributed by atoms with van der Waals surface area (Å²) in [4.78, 5) is 0. The van der Waals surface area contributed by atoms with E-state index in [1.165, 1.54) is 0 Å². The number of aromatic nitrogens is 1. The van der Waals surface area contributed by atoms with Crippen LogP contribution in [0.5, 0.6) is 0 Å². The lowest BCUT2D eigenvalue weighted by Gasteiger charge is -2.02. The molecular formula is C10H16NO4S+. The summed E-state index contributed by atoms with van der Waals surface area (Å²) in [6.07, 6.45) is 4.99. The molecule has 0 unspecified atom stereocenters. The molecule has 0 aromatic carbocycles. The first-order valence-electron chi connectivity index (χ1n) is 5.12. The first-order chi connectivity index (χ1) is 7.64. The van der Waals surface area contributed by atoms with E-state index in [4.69, 9.17) is 0 Å². The van der Waals surface area contributed by atoms with Gasteiger partial charge in [0.05, 0.1) is 6.61 Å². The second kappa shape index (κ2) is 6.57. The molecule has 0 bridgehead atoms. The van der Waals surface area contributed by atoms with Crippen molar-refractivity contribution < 1.29 is 21.4 Å². The fraction of sp³-hybridized carbons (Fsp3) is 0.500. The molecule has 1 aromatic rings. The molecule has 0 radical (unpaired) electrons. The van der Waals surface area contributed by atoms with Gasteiger partial charge in [0.2, 0.25) is 0 Å². The van der Waals surface area contributed by atoms with Crippen LogP contribution in [0.15, 0.2) is 30.6 Å². The second-order valence-electron chi connectivity index (χ2n) is 3.22. The van der Waals surface area contributed by atoms with E-state index in [0.717, 1.165) is 6.42 Å². The highest BCUT2D eigenvalue weighted by Crippen LogP contribution is 1.98. The predicted octanol–water partition coefficient (Wildman–Crippen LogP) is 1.01. The van der Waals surface area contributed by atoms with Crippen molar-refractivity contribution in [1.82, 2.24) is 0 Å². The molecule has 0 saturated heterocycles. The molecule has 1 rings (SSSR count). The minimum Gasteiger partial charge on any atom is -0.248 e. The maximum atomic E-state index is 11.2. The van der Waals surface area contributed by atoms with Crippen LogP contribution in [0.2, 0.25) is 0 Å². The molecule has 0 amide bonds. The van der Waals surface area contributed by atoms with Crippen LogP contribution in [0.4, 0.5) is 0 Å². The molecule has 0 aliphatic carbocycles. The molecule has 0 saturated carbocycles. The molecule has 0 aliphatic heterocycles. The van der Waals surface area contributed by atoms with Crippen molar-refractivity contribution in [2.24, 2.45) is 0 Å². The van der Waals surface area contributed by atoms with Crippen molar-refractivity contribution in [3.8, 4) is 0 Å². The van der Waals surface area contributed by atoms with E-state index in [9.17, 15) is 8.42 Å². The van der Waals surface area contributed by atoms with Crippen LogP contribution in [-0.2, 0) is 25.5 Å². The Morgan fingerprint density at radius 3 is 2.44 bits per heavy atom. The Hall–Kier alpha value is -0.980. The van der Waals surface area contributed by atoms with E-state index >= 15 is 0 Å². The fourth-order valence-corrected chi connectivity index (χ4v) is 1.63. The first-order valence-corrected chi connectivity index (χ1v) is 6.45. The van der Waals surface area contributed by atoms with Crippen LogP contribution >= 0.6 is 0 Å². The van der Waals surface area contributed by atoms with Gasteiger partial charge in [-0.3, -0.25) is 0 Å². The summed E-state index contributed by atoms with van der Waals surface area (Å²) >= 11 is 0. The minimum absolute atomic E-state index is 0.0741. The molecule has 90 valence electrons. The number of unbranched alkanes of at least 4 members (excludes halogenated alkanes) is 1. The Bertz CT molecular complexity index is 391. The quantitative estimate of drug-likeness (QED) is 0.532. The van der Waals surface area contributed by atoms with Crippen molar-refractivity contribution in [3.63, 3.8) is 0 Å². The topological polar surface area (TPSA) is 56.5 Å². The fourth-order valence-electron chi connectivity index (χ4n) is 0.985. The Kier molecular flexibility index (Phi) is 5.37. The lowest BCUT2D eigenvalue weighted by atomic mass is 10.4. The van der Waals surface area contributed by atoms with Crippen molar-refractivity contribution >= 4 is 10.4 Å². The molecule has 5 nitrogen and oxygen atoms in total. The third-order valence-electron chi connectivity index (χ3n) is 1.85. The van der Waals surface area contributed by atoms with Gasteiger partial charge in [-0.05, 0) is 6.42 Å². The molecule has 0 aliphatic rings. The van der Waals surface area contributed by atoms with Crippen LogP contribution in [-0.4, -0.2) is 15.0 Å². The molecule has 6 heteroatoms. The lowest BCUT2D eigenvalue weighted by Crippen LogP contribution is -2.35. The minimum atomic E-state index is -3.87. The van der Waals surface area contributed by atoms with Gasteiger partial charge in [0.25, 0.3) is 6.73 Å². The highest BCUT2D eigenvalue weighted by molar-refractivity contribution is 7.81. The third-order valence-corrected chi connectivity index (χ3v) is 2.70. The number of pyridine rings is 1. The van der Waals surface area contributed by atoms with Gasteiger partial charge in [0.15, 0.2) is 12.4 Å². The van der Waals surface area contributed by atoms with Gasteiger partial charge in [-0.25, -0.2) is 4.18 Å². The lowest BCUT2D eigenvalue weighted by molar-refractivity contribution is -0.724. The standard InChI is InChI=1S/C10H16NO4S/c1-2-3-9-14-16(12,13)15-10-11-7-5-4-6-8-11/h4-8H,2-3,9-10H2,1H3/q+1. The predicted molar refractivity (Wildman–Crippen MR) is 57.5 cm³/mol. The van der Waals surface area contributed by atoms with Crippen LogP contribution in [0.3, 0.4) is 0 Å². The van der Waals surface area contributed by atoms with Gasteiger partial charge in [-0.1, -0.05) is 19.4 Å². The van der Waals surface area contributed by atoms with Crippen LogP contribution in [0.1, 0.15) is 19.8 Å². The Morgan fingerprint density at radius 2 is 1.81 bits per heavy atom. The first kappa shape index (κ1) is 13.1. The Labute approximate surface area is 96.0 Å². The van der Waals surface area contributed by atoms with Gasteiger partial charge in [0, 0.05) is 12.1 Å². The largest absolute Gasteiger partial charge is 0.405 e. The van der Waals surface area contributed by atoms with E-state index < -0.39 is 10.4 Å². The zero-order chi connectivity index (χ0) is 11.9. The van der Waals surface area contributed by atoms with Gasteiger partial charge in [-0.15, -0.1) is 0 Å². The average molecular weight is 246 g/mol. The summed E-state index contributed by atoms with van der Waals surface area (Å²) in [5.41, 5.74) is 0. The zero-order valence-electron chi connectivity index (χ0n) is 9.20. The summed E-state index contributed by atoms with van der Waals surface area (Å²) in [6.45, 7) is 2.05. The van der Waals surface area contributed by atoms with Crippen LogP contribution < -0.4 is 4.57 Å². The van der Waals surface area contributed by atoms with Crippen LogP contribution in [0.25, 0.3) is 0 Å². The van der Waals surface area contributed by atoms with Gasteiger partial charge >= 0.3 is 10.4 Å². The van der Waals surface area contributed by atoms with Gasteiger partial charge in [-0.2, -0.15) is 17.2 Å². The maximum absolute atomic E-state index is 11.2. The highest BCUT2D eigenvalue weighted by atomic mass is 32.3. The normalized spacial score (nSPS) is 11.6. The van der Waals surface area contributed by atoms with Gasteiger partial charge < -0.3 is 0 Å². The molecule has 0 fully saturated rings.